The number of hydrogen-bond acceptors (Lipinski definition) is 4. The van der Waals surface area contributed by atoms with E-state index < -0.39 is 0 Å². The highest BCUT2D eigenvalue weighted by Crippen LogP contribution is 2.20. The van der Waals surface area contributed by atoms with Crippen molar-refractivity contribution in [2.24, 2.45) is 0 Å². The van der Waals surface area contributed by atoms with Gasteiger partial charge in [0.15, 0.2) is 10.6 Å². The lowest BCUT2D eigenvalue weighted by atomic mass is 10.2. The van der Waals surface area contributed by atoms with Crippen molar-refractivity contribution in [1.82, 2.24) is 19.7 Å². The number of carbonyl (C=O) groups excluding carboxylic acids is 1. The first-order valence-corrected chi connectivity index (χ1v) is 10.1. The van der Waals surface area contributed by atoms with Crippen LogP contribution in [-0.4, -0.2) is 45.8 Å². The number of benzene rings is 2. The first-order valence-electron chi connectivity index (χ1n) is 8.47. The molecule has 0 aliphatic carbocycles. The molecule has 1 heterocycles. The number of nitrogens with one attached hydrogen (secondary N) is 1. The van der Waals surface area contributed by atoms with Crippen LogP contribution in [0.5, 0.6) is 5.75 Å². The SMILES string of the molecule is CN(CCOc1ccc(Br)cc1)C(=O)Cn1c(-c2ccc(Cl)cc2)n[nH]c1=S. The number of amides is 1. The maximum Gasteiger partial charge on any atom is 0.242 e. The Morgan fingerprint density at radius 1 is 1.25 bits per heavy atom. The summed E-state index contributed by atoms with van der Waals surface area (Å²) in [6.45, 7) is 0.934. The highest BCUT2D eigenvalue weighted by molar-refractivity contribution is 9.10. The molecule has 1 amide bonds. The van der Waals surface area contributed by atoms with Crippen LogP contribution in [-0.2, 0) is 11.3 Å². The molecule has 0 saturated carbocycles. The molecule has 6 nitrogen and oxygen atoms in total. The van der Waals surface area contributed by atoms with Crippen LogP contribution in [0, 0.1) is 4.77 Å². The van der Waals surface area contributed by atoms with E-state index in [1.807, 2.05) is 36.4 Å². The molecule has 1 aromatic heterocycles. The number of aromatic amines is 1. The average molecular weight is 482 g/mol. The number of carbonyl (C=O) groups is 1. The van der Waals surface area contributed by atoms with E-state index in [1.54, 1.807) is 28.6 Å². The Kier molecular flexibility index (Phi) is 6.88. The summed E-state index contributed by atoms with van der Waals surface area (Å²) < 4.78 is 8.72. The number of halogens is 2. The van der Waals surface area contributed by atoms with Gasteiger partial charge in [0.1, 0.15) is 18.9 Å². The minimum Gasteiger partial charge on any atom is -0.492 e. The maximum atomic E-state index is 12.6. The van der Waals surface area contributed by atoms with Crippen LogP contribution >= 0.6 is 39.7 Å². The van der Waals surface area contributed by atoms with Gasteiger partial charge in [0, 0.05) is 22.1 Å². The summed E-state index contributed by atoms with van der Waals surface area (Å²) in [6.07, 6.45) is 0. The van der Waals surface area contributed by atoms with Crippen molar-refractivity contribution < 1.29 is 9.53 Å². The van der Waals surface area contributed by atoms with Crippen molar-refractivity contribution in [2.45, 2.75) is 6.54 Å². The first-order chi connectivity index (χ1) is 13.4. The Morgan fingerprint density at radius 3 is 2.61 bits per heavy atom. The minimum atomic E-state index is -0.0906. The van der Waals surface area contributed by atoms with Gasteiger partial charge in [-0.2, -0.15) is 5.10 Å². The number of rotatable bonds is 7. The Labute approximate surface area is 181 Å². The van der Waals surface area contributed by atoms with E-state index in [2.05, 4.69) is 26.1 Å². The lowest BCUT2D eigenvalue weighted by molar-refractivity contribution is -0.130. The molecule has 146 valence electrons. The topological polar surface area (TPSA) is 63.1 Å². The molecule has 0 unspecified atom stereocenters. The van der Waals surface area contributed by atoms with E-state index >= 15 is 0 Å². The van der Waals surface area contributed by atoms with Gasteiger partial charge < -0.3 is 9.64 Å². The van der Waals surface area contributed by atoms with Gasteiger partial charge in [0.25, 0.3) is 0 Å². The molecule has 28 heavy (non-hydrogen) atoms. The Morgan fingerprint density at radius 2 is 1.93 bits per heavy atom. The molecule has 3 aromatic rings. The molecular formula is C19H18BrClN4O2S. The Balaban J connectivity index is 1.61. The van der Waals surface area contributed by atoms with Gasteiger partial charge in [-0.15, -0.1) is 0 Å². The van der Waals surface area contributed by atoms with E-state index in [0.717, 1.165) is 15.8 Å². The van der Waals surface area contributed by atoms with Crippen molar-refractivity contribution in [3.05, 3.63) is 62.8 Å². The summed E-state index contributed by atoms with van der Waals surface area (Å²) in [4.78, 5) is 14.2. The molecule has 0 bridgehead atoms. The normalized spacial score (nSPS) is 10.7. The van der Waals surface area contributed by atoms with E-state index in [4.69, 9.17) is 28.6 Å². The van der Waals surface area contributed by atoms with Gasteiger partial charge in [-0.3, -0.25) is 14.5 Å². The molecular weight excluding hydrogens is 464 g/mol. The minimum absolute atomic E-state index is 0.0854. The van der Waals surface area contributed by atoms with Crippen LogP contribution < -0.4 is 4.74 Å². The van der Waals surface area contributed by atoms with Crippen LogP contribution in [0.3, 0.4) is 0 Å². The molecule has 3 rings (SSSR count). The summed E-state index contributed by atoms with van der Waals surface area (Å²) in [6, 6.07) is 14.8. The van der Waals surface area contributed by atoms with E-state index in [-0.39, 0.29) is 12.5 Å². The lowest BCUT2D eigenvalue weighted by Gasteiger charge is -2.18. The van der Waals surface area contributed by atoms with Gasteiger partial charge in [-0.25, -0.2) is 0 Å². The maximum absolute atomic E-state index is 12.6. The quantitative estimate of drug-likeness (QED) is 0.503. The third-order valence-corrected chi connectivity index (χ3v) is 5.18. The summed E-state index contributed by atoms with van der Waals surface area (Å²) in [5.41, 5.74) is 0.825. The van der Waals surface area contributed by atoms with Crippen molar-refractivity contribution in [2.75, 3.05) is 20.2 Å². The van der Waals surface area contributed by atoms with Gasteiger partial charge in [0.05, 0.1) is 6.54 Å². The molecule has 0 aliphatic rings. The smallest absolute Gasteiger partial charge is 0.242 e. The summed E-state index contributed by atoms with van der Waals surface area (Å²) in [7, 11) is 1.74. The van der Waals surface area contributed by atoms with E-state index in [0.29, 0.717) is 28.8 Å². The lowest BCUT2D eigenvalue weighted by Crippen LogP contribution is -2.33. The zero-order valence-electron chi connectivity index (χ0n) is 15.1. The predicted octanol–water partition coefficient (Wildman–Crippen LogP) is 4.56. The first kappa shape index (κ1) is 20.6. The summed E-state index contributed by atoms with van der Waals surface area (Å²) >= 11 is 14.6. The zero-order chi connectivity index (χ0) is 20.1. The number of H-pyrrole nitrogens is 1. The molecule has 0 atom stereocenters. The van der Waals surface area contributed by atoms with E-state index in [9.17, 15) is 4.79 Å². The molecule has 0 aliphatic heterocycles. The summed E-state index contributed by atoms with van der Waals surface area (Å²) in [5.74, 6) is 1.26. The van der Waals surface area contributed by atoms with Crippen molar-refractivity contribution >= 4 is 45.7 Å². The second-order valence-corrected chi connectivity index (χ2v) is 7.80. The van der Waals surface area contributed by atoms with Gasteiger partial charge in [0.2, 0.25) is 5.91 Å². The van der Waals surface area contributed by atoms with Crippen LogP contribution in [0.25, 0.3) is 11.4 Å². The van der Waals surface area contributed by atoms with Crippen LogP contribution in [0.4, 0.5) is 0 Å². The molecule has 0 saturated heterocycles. The van der Waals surface area contributed by atoms with Crippen LogP contribution in [0.15, 0.2) is 53.0 Å². The second-order valence-electron chi connectivity index (χ2n) is 6.06. The molecule has 2 aromatic carbocycles. The summed E-state index contributed by atoms with van der Waals surface area (Å²) in [5, 5.41) is 7.62. The van der Waals surface area contributed by atoms with Crippen LogP contribution in [0.1, 0.15) is 0 Å². The second kappa shape index (κ2) is 9.36. The van der Waals surface area contributed by atoms with Gasteiger partial charge in [-0.05, 0) is 60.7 Å². The number of nitrogens with zero attached hydrogens (tertiary/aromatic N) is 3. The monoisotopic (exact) mass is 480 g/mol. The Bertz CT molecular complexity index is 1000. The van der Waals surface area contributed by atoms with Gasteiger partial charge >= 0.3 is 0 Å². The number of ether oxygens (including phenoxy) is 1. The fourth-order valence-electron chi connectivity index (χ4n) is 2.50. The average Bonchev–Trinajstić information content (AvgIpc) is 3.04. The molecule has 1 N–H and O–H groups in total. The fraction of sp³-hybridized carbons (Fsp3) is 0.211. The number of likely N-dealkylation sites (N-methyl/N-ethyl adjacent to an activating group) is 1. The largest absolute Gasteiger partial charge is 0.492 e. The fourth-order valence-corrected chi connectivity index (χ4v) is 3.08. The van der Waals surface area contributed by atoms with Crippen molar-refractivity contribution in [3.63, 3.8) is 0 Å². The van der Waals surface area contributed by atoms with Gasteiger partial charge in [-0.1, -0.05) is 27.5 Å². The molecule has 9 heteroatoms. The molecule has 0 radical (unpaired) electrons. The van der Waals surface area contributed by atoms with Crippen LogP contribution in [0.2, 0.25) is 5.02 Å². The van der Waals surface area contributed by atoms with Crippen molar-refractivity contribution in [3.8, 4) is 17.1 Å². The number of aromatic nitrogens is 3. The molecule has 0 fully saturated rings. The van der Waals surface area contributed by atoms with Crippen molar-refractivity contribution in [1.29, 1.82) is 0 Å². The third kappa shape index (κ3) is 5.21. The zero-order valence-corrected chi connectivity index (χ0v) is 18.2. The Hall–Kier alpha value is -2.16. The van der Waals surface area contributed by atoms with E-state index in [1.165, 1.54) is 0 Å². The standard InChI is InChI=1S/C19H18BrClN4O2S/c1-24(10-11-27-16-8-4-14(20)5-9-16)17(26)12-25-18(22-23-19(25)28)13-2-6-15(21)7-3-13/h2-9H,10-12H2,1H3,(H,23,28). The third-order valence-electron chi connectivity index (χ3n) is 4.09. The highest BCUT2D eigenvalue weighted by atomic mass is 79.9. The number of hydrogen-bond donors (Lipinski definition) is 1. The molecule has 0 spiro atoms. The highest BCUT2D eigenvalue weighted by Gasteiger charge is 2.15. The predicted molar refractivity (Wildman–Crippen MR) is 115 cm³/mol.